The molecule has 3 aromatic rings. The van der Waals surface area contributed by atoms with Gasteiger partial charge in [0.1, 0.15) is 11.5 Å². The number of fused-ring (bicyclic) bond motifs is 1. The van der Waals surface area contributed by atoms with Crippen LogP contribution in [0.4, 0.5) is 0 Å². The number of hydrogen-bond donors (Lipinski definition) is 1. The third kappa shape index (κ3) is 4.35. The first kappa shape index (κ1) is 16.5. The second-order valence-electron chi connectivity index (χ2n) is 5.33. The predicted molar refractivity (Wildman–Crippen MR) is 98.2 cm³/mol. The van der Waals surface area contributed by atoms with Crippen LogP contribution in [-0.2, 0) is 4.79 Å². The molecule has 0 spiro atoms. The minimum Gasteiger partial charge on any atom is -0.497 e. The number of ether oxygens (including phenoxy) is 2. The summed E-state index contributed by atoms with van der Waals surface area (Å²) in [7, 11) is 1.61. The van der Waals surface area contributed by atoms with Crippen LogP contribution in [0.2, 0.25) is 0 Å². The number of methoxy groups -OCH3 is 1. The van der Waals surface area contributed by atoms with Gasteiger partial charge in [-0.3, -0.25) is 4.79 Å². The third-order valence-electron chi connectivity index (χ3n) is 3.63. The van der Waals surface area contributed by atoms with Crippen molar-refractivity contribution in [3.8, 4) is 11.5 Å². The van der Waals surface area contributed by atoms with Gasteiger partial charge in [0.25, 0.3) is 5.91 Å². The molecule has 1 N–H and O–H groups in total. The Hall–Kier alpha value is -3.34. The number of benzene rings is 3. The topological polar surface area (TPSA) is 59.9 Å². The first-order valence-corrected chi connectivity index (χ1v) is 7.83. The Morgan fingerprint density at radius 2 is 1.80 bits per heavy atom. The van der Waals surface area contributed by atoms with Crippen LogP contribution in [0, 0.1) is 0 Å². The van der Waals surface area contributed by atoms with Gasteiger partial charge >= 0.3 is 0 Å². The molecule has 5 nitrogen and oxygen atoms in total. The molecule has 0 saturated carbocycles. The summed E-state index contributed by atoms with van der Waals surface area (Å²) in [6.45, 7) is -0.103. The lowest BCUT2D eigenvalue weighted by atomic mass is 10.1. The average molecular weight is 334 g/mol. The van der Waals surface area contributed by atoms with E-state index in [1.807, 2.05) is 66.7 Å². The van der Waals surface area contributed by atoms with E-state index in [0.29, 0.717) is 5.75 Å². The Balaban J connectivity index is 1.54. The highest BCUT2D eigenvalue weighted by Crippen LogP contribution is 2.24. The van der Waals surface area contributed by atoms with Crippen molar-refractivity contribution < 1.29 is 14.3 Å². The first-order valence-electron chi connectivity index (χ1n) is 7.83. The van der Waals surface area contributed by atoms with Crippen molar-refractivity contribution in [2.45, 2.75) is 0 Å². The highest BCUT2D eigenvalue weighted by Gasteiger charge is 2.04. The second kappa shape index (κ2) is 7.97. The molecule has 25 heavy (non-hydrogen) atoms. The molecule has 3 rings (SSSR count). The number of nitrogens with one attached hydrogen (secondary N) is 1. The fourth-order valence-electron chi connectivity index (χ4n) is 2.37. The third-order valence-corrected chi connectivity index (χ3v) is 3.63. The van der Waals surface area contributed by atoms with E-state index in [2.05, 4.69) is 10.5 Å². The van der Waals surface area contributed by atoms with Gasteiger partial charge in [-0.2, -0.15) is 5.10 Å². The molecule has 0 radical (unpaired) electrons. The zero-order valence-corrected chi connectivity index (χ0v) is 13.8. The van der Waals surface area contributed by atoms with Crippen LogP contribution in [0.15, 0.2) is 71.8 Å². The van der Waals surface area contributed by atoms with Gasteiger partial charge < -0.3 is 9.47 Å². The van der Waals surface area contributed by atoms with E-state index in [4.69, 9.17) is 9.47 Å². The number of nitrogens with zero attached hydrogens (tertiary/aromatic N) is 1. The Kier molecular flexibility index (Phi) is 5.26. The summed E-state index contributed by atoms with van der Waals surface area (Å²) < 4.78 is 10.7. The zero-order valence-electron chi connectivity index (χ0n) is 13.8. The second-order valence-corrected chi connectivity index (χ2v) is 5.33. The van der Waals surface area contributed by atoms with Gasteiger partial charge in [0, 0.05) is 5.39 Å². The van der Waals surface area contributed by atoms with Crippen LogP contribution < -0.4 is 14.9 Å². The summed E-state index contributed by atoms with van der Waals surface area (Å²) in [5.41, 5.74) is 3.31. The minimum atomic E-state index is -0.322. The average Bonchev–Trinajstić information content (AvgIpc) is 2.67. The highest BCUT2D eigenvalue weighted by atomic mass is 16.5. The maximum absolute atomic E-state index is 11.9. The summed E-state index contributed by atoms with van der Waals surface area (Å²) in [6.07, 6.45) is 1.56. The van der Waals surface area contributed by atoms with E-state index in [1.165, 1.54) is 0 Å². The molecule has 126 valence electrons. The molecule has 0 aliphatic carbocycles. The molecular weight excluding hydrogens is 316 g/mol. The predicted octanol–water partition coefficient (Wildman–Crippen LogP) is 3.38. The van der Waals surface area contributed by atoms with Crippen LogP contribution in [0.1, 0.15) is 5.56 Å². The number of hydrogen-bond acceptors (Lipinski definition) is 4. The van der Waals surface area contributed by atoms with E-state index >= 15 is 0 Å². The van der Waals surface area contributed by atoms with Crippen LogP contribution in [-0.4, -0.2) is 25.8 Å². The zero-order chi connectivity index (χ0) is 17.5. The SMILES string of the molecule is COc1ccc(/C=N\NC(=O)COc2cccc3ccccc23)cc1. The van der Waals surface area contributed by atoms with Crippen LogP contribution >= 0.6 is 0 Å². The normalized spacial score (nSPS) is 10.8. The molecule has 0 heterocycles. The molecule has 1 amide bonds. The highest BCUT2D eigenvalue weighted by molar-refractivity contribution is 5.89. The summed E-state index contributed by atoms with van der Waals surface area (Å²) in [5.74, 6) is 1.12. The van der Waals surface area contributed by atoms with Crippen LogP contribution in [0.25, 0.3) is 10.8 Å². The molecule has 0 aromatic heterocycles. The van der Waals surface area contributed by atoms with E-state index in [1.54, 1.807) is 13.3 Å². The Morgan fingerprint density at radius 3 is 2.60 bits per heavy atom. The Labute approximate surface area is 145 Å². The van der Waals surface area contributed by atoms with Crippen molar-refractivity contribution in [1.82, 2.24) is 5.43 Å². The molecule has 5 heteroatoms. The largest absolute Gasteiger partial charge is 0.497 e. The van der Waals surface area contributed by atoms with Gasteiger partial charge in [-0.15, -0.1) is 0 Å². The molecule has 0 aliphatic rings. The number of amides is 1. The fourth-order valence-corrected chi connectivity index (χ4v) is 2.37. The number of hydrazone groups is 1. The molecule has 0 saturated heterocycles. The quantitative estimate of drug-likeness (QED) is 0.555. The van der Waals surface area contributed by atoms with Crippen molar-refractivity contribution in [3.05, 3.63) is 72.3 Å². The minimum absolute atomic E-state index is 0.103. The van der Waals surface area contributed by atoms with Crippen LogP contribution in [0.3, 0.4) is 0 Å². The van der Waals surface area contributed by atoms with Crippen molar-refractivity contribution >= 4 is 22.9 Å². The Morgan fingerprint density at radius 1 is 1.04 bits per heavy atom. The molecule has 0 unspecified atom stereocenters. The van der Waals surface area contributed by atoms with Crippen LogP contribution in [0.5, 0.6) is 11.5 Å². The molecule has 3 aromatic carbocycles. The van der Waals surface area contributed by atoms with Gasteiger partial charge in [-0.25, -0.2) is 5.43 Å². The van der Waals surface area contributed by atoms with Crippen molar-refractivity contribution in [2.75, 3.05) is 13.7 Å². The van der Waals surface area contributed by atoms with Crippen molar-refractivity contribution in [1.29, 1.82) is 0 Å². The summed E-state index contributed by atoms with van der Waals surface area (Å²) in [6, 6.07) is 21.0. The lowest BCUT2D eigenvalue weighted by Crippen LogP contribution is -2.24. The molecule has 0 fully saturated rings. The van der Waals surface area contributed by atoms with Gasteiger partial charge in [-0.05, 0) is 41.3 Å². The number of carbonyl (C=O) groups is 1. The molecule has 0 aliphatic heterocycles. The summed E-state index contributed by atoms with van der Waals surface area (Å²) in [4.78, 5) is 11.9. The fraction of sp³-hybridized carbons (Fsp3) is 0.100. The maximum atomic E-state index is 11.9. The maximum Gasteiger partial charge on any atom is 0.277 e. The van der Waals surface area contributed by atoms with Gasteiger partial charge in [0.2, 0.25) is 0 Å². The lowest BCUT2D eigenvalue weighted by Gasteiger charge is -2.08. The van der Waals surface area contributed by atoms with Gasteiger partial charge in [-0.1, -0.05) is 36.4 Å². The molecule has 0 bridgehead atoms. The first-order chi connectivity index (χ1) is 12.3. The van der Waals surface area contributed by atoms with E-state index in [-0.39, 0.29) is 12.5 Å². The van der Waals surface area contributed by atoms with Crippen molar-refractivity contribution in [3.63, 3.8) is 0 Å². The number of rotatable bonds is 6. The lowest BCUT2D eigenvalue weighted by molar-refractivity contribution is -0.123. The standard InChI is InChI=1S/C20H18N2O3/c1-24-17-11-9-15(10-12-17)13-21-22-20(23)14-25-19-8-4-6-16-5-2-3-7-18(16)19/h2-13H,14H2,1H3,(H,22,23)/b21-13-. The van der Waals surface area contributed by atoms with Gasteiger partial charge in [0.15, 0.2) is 6.61 Å². The van der Waals surface area contributed by atoms with Gasteiger partial charge in [0.05, 0.1) is 13.3 Å². The van der Waals surface area contributed by atoms with E-state index in [0.717, 1.165) is 22.1 Å². The summed E-state index contributed by atoms with van der Waals surface area (Å²) >= 11 is 0. The Bertz CT molecular complexity index is 884. The van der Waals surface area contributed by atoms with Crippen molar-refractivity contribution in [2.24, 2.45) is 5.10 Å². The molecular formula is C20H18N2O3. The van der Waals surface area contributed by atoms with E-state index < -0.39 is 0 Å². The monoisotopic (exact) mass is 334 g/mol. The summed E-state index contributed by atoms with van der Waals surface area (Å²) in [5, 5.41) is 5.97. The number of carbonyl (C=O) groups excluding carboxylic acids is 1. The molecule has 0 atom stereocenters. The van der Waals surface area contributed by atoms with E-state index in [9.17, 15) is 4.79 Å². The smallest absolute Gasteiger partial charge is 0.277 e.